The summed E-state index contributed by atoms with van der Waals surface area (Å²) in [4.78, 5) is 10.8. The number of aromatic nitrogens is 2. The highest BCUT2D eigenvalue weighted by molar-refractivity contribution is 5.98. The topological polar surface area (TPSA) is 25.8 Å². The standard InChI is InChI=1S/C59H38N2/c1-3-16-39(17-4-1)41-30-32-42(33-31-41)58-60-56(44-21-15-20-43(36-44)40-18-5-2-6-19-40)38-57(61-58)45-34-35-51-47-23-8-7-22-46(47)48-24-9-12-27-52(48)59(55(51)37-45)53-28-13-10-25-49(53)50-26-11-14-29-54(50)59/h1-38H. The van der Waals surface area contributed by atoms with Crippen molar-refractivity contribution in [3.05, 3.63) is 253 Å². The van der Waals surface area contributed by atoms with Crippen LogP contribution in [-0.2, 0) is 5.41 Å². The minimum absolute atomic E-state index is 0.579. The van der Waals surface area contributed by atoms with Crippen LogP contribution in [0.1, 0.15) is 22.3 Å². The second-order valence-corrected chi connectivity index (χ2v) is 16.0. The first-order valence-electron chi connectivity index (χ1n) is 21.0. The molecular weight excluding hydrogens is 737 g/mol. The van der Waals surface area contributed by atoms with E-state index in [1.807, 2.05) is 0 Å². The Hall–Kier alpha value is -7.94. The van der Waals surface area contributed by atoms with Crippen LogP contribution in [0.5, 0.6) is 0 Å². The summed E-state index contributed by atoms with van der Waals surface area (Å²) >= 11 is 0. The zero-order chi connectivity index (χ0) is 40.3. The summed E-state index contributed by atoms with van der Waals surface area (Å²) in [6.45, 7) is 0. The third-order valence-corrected chi connectivity index (χ3v) is 12.8. The molecule has 61 heavy (non-hydrogen) atoms. The molecule has 0 amide bonds. The first-order valence-corrected chi connectivity index (χ1v) is 21.0. The molecule has 0 N–H and O–H groups in total. The van der Waals surface area contributed by atoms with Crippen LogP contribution >= 0.6 is 0 Å². The maximum Gasteiger partial charge on any atom is 0.160 e. The predicted molar refractivity (Wildman–Crippen MR) is 251 cm³/mol. The smallest absolute Gasteiger partial charge is 0.160 e. The van der Waals surface area contributed by atoms with E-state index in [9.17, 15) is 0 Å². The molecule has 0 fully saturated rings. The number of rotatable bonds is 5. The average molecular weight is 775 g/mol. The van der Waals surface area contributed by atoms with Crippen molar-refractivity contribution in [2.45, 2.75) is 5.41 Å². The summed E-state index contributed by atoms with van der Waals surface area (Å²) in [7, 11) is 0. The molecule has 10 aromatic rings. The molecule has 1 spiro atoms. The van der Waals surface area contributed by atoms with Crippen LogP contribution in [0.4, 0.5) is 0 Å². The summed E-state index contributed by atoms with van der Waals surface area (Å²) in [5, 5.41) is 0. The van der Waals surface area contributed by atoms with E-state index in [0.29, 0.717) is 5.82 Å². The summed E-state index contributed by atoms with van der Waals surface area (Å²) in [5.74, 6) is 0.689. The molecule has 0 atom stereocenters. The largest absolute Gasteiger partial charge is 0.228 e. The molecule has 12 rings (SSSR count). The fraction of sp³-hybridized carbons (Fsp3) is 0.0169. The Labute approximate surface area is 356 Å². The lowest BCUT2D eigenvalue weighted by Gasteiger charge is -2.35. The van der Waals surface area contributed by atoms with Gasteiger partial charge in [-0.05, 0) is 96.1 Å². The normalized spacial score (nSPS) is 12.7. The first kappa shape index (κ1) is 35.0. The van der Waals surface area contributed by atoms with E-state index < -0.39 is 5.41 Å². The number of benzene rings is 9. The lowest BCUT2D eigenvalue weighted by molar-refractivity contribution is 0.775. The third-order valence-electron chi connectivity index (χ3n) is 12.8. The second kappa shape index (κ2) is 14.1. The molecule has 0 aliphatic heterocycles. The third kappa shape index (κ3) is 5.57. The Balaban J connectivity index is 1.12. The molecule has 2 nitrogen and oxygen atoms in total. The minimum atomic E-state index is -0.579. The number of hydrogen-bond acceptors (Lipinski definition) is 2. The molecular formula is C59H38N2. The zero-order valence-electron chi connectivity index (χ0n) is 33.3. The highest BCUT2D eigenvalue weighted by Gasteiger charge is 2.49. The van der Waals surface area contributed by atoms with Crippen LogP contribution in [0.3, 0.4) is 0 Å². The maximum atomic E-state index is 5.44. The van der Waals surface area contributed by atoms with Gasteiger partial charge in [-0.2, -0.15) is 0 Å². The van der Waals surface area contributed by atoms with Gasteiger partial charge in [0.1, 0.15) is 0 Å². The van der Waals surface area contributed by atoms with Crippen LogP contribution in [0, 0.1) is 0 Å². The number of hydrogen-bond donors (Lipinski definition) is 0. The summed E-state index contributed by atoms with van der Waals surface area (Å²) in [5.41, 5.74) is 21.5. The highest BCUT2D eigenvalue weighted by atomic mass is 14.9. The van der Waals surface area contributed by atoms with Crippen molar-refractivity contribution < 1.29 is 0 Å². The van der Waals surface area contributed by atoms with Crippen molar-refractivity contribution in [1.82, 2.24) is 9.97 Å². The van der Waals surface area contributed by atoms with Crippen LogP contribution in [0.25, 0.3) is 89.5 Å². The highest BCUT2D eigenvalue weighted by Crippen LogP contribution is 2.61. The van der Waals surface area contributed by atoms with Gasteiger partial charge in [0.15, 0.2) is 5.82 Å². The molecule has 1 aromatic heterocycles. The monoisotopic (exact) mass is 774 g/mol. The van der Waals surface area contributed by atoms with E-state index >= 15 is 0 Å². The van der Waals surface area contributed by atoms with Crippen LogP contribution in [0.2, 0.25) is 0 Å². The van der Waals surface area contributed by atoms with Gasteiger partial charge in [-0.15, -0.1) is 0 Å². The van der Waals surface area contributed by atoms with Gasteiger partial charge in [-0.1, -0.05) is 212 Å². The van der Waals surface area contributed by atoms with Crippen molar-refractivity contribution >= 4 is 0 Å². The molecule has 2 heteroatoms. The van der Waals surface area contributed by atoms with Gasteiger partial charge in [0, 0.05) is 16.7 Å². The molecule has 2 aliphatic rings. The lowest BCUT2D eigenvalue weighted by atomic mass is 9.65. The van der Waals surface area contributed by atoms with Crippen LogP contribution in [-0.4, -0.2) is 9.97 Å². The molecule has 284 valence electrons. The van der Waals surface area contributed by atoms with E-state index in [1.165, 1.54) is 66.8 Å². The van der Waals surface area contributed by atoms with Gasteiger partial charge in [-0.25, -0.2) is 9.97 Å². The number of fused-ring (bicyclic) bond motifs is 12. The van der Waals surface area contributed by atoms with Crippen molar-refractivity contribution in [3.8, 4) is 89.5 Å². The maximum absolute atomic E-state index is 5.44. The lowest BCUT2D eigenvalue weighted by Crippen LogP contribution is -2.29. The van der Waals surface area contributed by atoms with Gasteiger partial charge >= 0.3 is 0 Å². The molecule has 2 aliphatic carbocycles. The van der Waals surface area contributed by atoms with Gasteiger partial charge in [0.25, 0.3) is 0 Å². The van der Waals surface area contributed by atoms with Crippen LogP contribution < -0.4 is 0 Å². The summed E-state index contributed by atoms with van der Waals surface area (Å²) < 4.78 is 0. The first-order chi connectivity index (χ1) is 30.2. The van der Waals surface area contributed by atoms with E-state index in [2.05, 4.69) is 231 Å². The Kier molecular flexibility index (Phi) is 8.11. The zero-order valence-corrected chi connectivity index (χ0v) is 33.3. The molecule has 0 saturated carbocycles. The van der Waals surface area contributed by atoms with Crippen molar-refractivity contribution in [3.63, 3.8) is 0 Å². The van der Waals surface area contributed by atoms with Gasteiger partial charge in [0.05, 0.1) is 16.8 Å². The van der Waals surface area contributed by atoms with E-state index in [1.54, 1.807) is 0 Å². The SMILES string of the molecule is c1ccc(-c2ccc(-c3nc(-c4cccc(-c5ccccc5)c4)cc(-c4ccc5c(c4)C4(c6ccccc6-c6ccccc6-5)c5ccccc5-c5ccccc54)n3)cc2)cc1. The summed E-state index contributed by atoms with van der Waals surface area (Å²) in [6.07, 6.45) is 0. The fourth-order valence-electron chi connectivity index (χ4n) is 10.0. The van der Waals surface area contributed by atoms with Gasteiger partial charge < -0.3 is 0 Å². The Morgan fingerprint density at radius 1 is 0.230 bits per heavy atom. The fourth-order valence-corrected chi connectivity index (χ4v) is 10.0. The molecule has 1 heterocycles. The predicted octanol–water partition coefficient (Wildman–Crippen LogP) is 14.8. The Morgan fingerprint density at radius 3 is 1.18 bits per heavy atom. The Bertz CT molecular complexity index is 3250. The second-order valence-electron chi connectivity index (χ2n) is 16.0. The van der Waals surface area contributed by atoms with Crippen LogP contribution in [0.15, 0.2) is 231 Å². The molecule has 0 saturated heterocycles. The minimum Gasteiger partial charge on any atom is -0.228 e. The quantitative estimate of drug-likeness (QED) is 0.174. The van der Waals surface area contributed by atoms with Gasteiger partial charge in [0.2, 0.25) is 0 Å². The van der Waals surface area contributed by atoms with E-state index in [4.69, 9.17) is 9.97 Å². The number of nitrogens with zero attached hydrogens (tertiary/aromatic N) is 2. The van der Waals surface area contributed by atoms with E-state index in [0.717, 1.165) is 39.2 Å². The Morgan fingerprint density at radius 2 is 0.607 bits per heavy atom. The van der Waals surface area contributed by atoms with Crippen molar-refractivity contribution in [1.29, 1.82) is 0 Å². The molecule has 9 aromatic carbocycles. The summed E-state index contributed by atoms with van der Waals surface area (Å²) in [6, 6.07) is 83.6. The average Bonchev–Trinajstić information content (AvgIpc) is 3.59. The van der Waals surface area contributed by atoms with E-state index in [-0.39, 0.29) is 0 Å². The van der Waals surface area contributed by atoms with Gasteiger partial charge in [-0.3, -0.25) is 0 Å². The van der Waals surface area contributed by atoms with Crippen molar-refractivity contribution in [2.75, 3.05) is 0 Å². The molecule has 0 unspecified atom stereocenters. The molecule has 0 radical (unpaired) electrons. The molecule has 0 bridgehead atoms. The van der Waals surface area contributed by atoms with Crippen molar-refractivity contribution in [2.24, 2.45) is 0 Å².